The van der Waals surface area contributed by atoms with Gasteiger partial charge in [0, 0.05) is 37.6 Å². The molecule has 0 spiro atoms. The number of hydrogen-bond acceptors (Lipinski definition) is 5. The summed E-state index contributed by atoms with van der Waals surface area (Å²) in [6.45, 7) is 3.78. The number of aromatic nitrogens is 4. The van der Waals surface area contributed by atoms with Gasteiger partial charge in [-0.05, 0) is 37.6 Å². The van der Waals surface area contributed by atoms with Gasteiger partial charge in [-0.2, -0.15) is 5.10 Å². The Labute approximate surface area is 162 Å². The lowest BCUT2D eigenvalue weighted by molar-refractivity contribution is 0.255. The second-order valence-corrected chi connectivity index (χ2v) is 7.24. The van der Waals surface area contributed by atoms with Crippen molar-refractivity contribution in [3.63, 3.8) is 0 Å². The van der Waals surface area contributed by atoms with Gasteiger partial charge in [-0.3, -0.25) is 14.6 Å². The lowest BCUT2D eigenvalue weighted by Gasteiger charge is -2.35. The normalized spacial score (nSPS) is 17.6. The van der Waals surface area contributed by atoms with Crippen LogP contribution in [0.2, 0.25) is 0 Å². The third kappa shape index (κ3) is 2.60. The van der Waals surface area contributed by atoms with Crippen molar-refractivity contribution in [3.05, 3.63) is 48.5 Å². The minimum atomic E-state index is -0.173. The number of anilines is 3. The van der Waals surface area contributed by atoms with Crippen molar-refractivity contribution in [2.24, 2.45) is 7.05 Å². The minimum absolute atomic E-state index is 0.113. The highest BCUT2D eigenvalue weighted by molar-refractivity contribution is 6.04. The molecule has 0 saturated carbocycles. The van der Waals surface area contributed by atoms with E-state index in [1.807, 2.05) is 37.0 Å². The molecule has 2 amide bonds. The molecule has 2 bridgehead atoms. The fraction of sp³-hybridized carbons (Fsp3) is 0.300. The summed E-state index contributed by atoms with van der Waals surface area (Å²) in [6.07, 6.45) is 6.08. The molecule has 1 fully saturated rings. The third-order valence-corrected chi connectivity index (χ3v) is 5.59. The number of hydrogen-bond donors (Lipinski definition) is 1. The molecule has 142 valence electrons. The number of nitrogens with one attached hydrogen (secondary N) is 1. The molecule has 2 aliphatic heterocycles. The van der Waals surface area contributed by atoms with Crippen LogP contribution in [0.5, 0.6) is 0 Å². The van der Waals surface area contributed by atoms with Crippen LogP contribution in [-0.4, -0.2) is 44.9 Å². The van der Waals surface area contributed by atoms with Gasteiger partial charge in [-0.25, -0.2) is 9.78 Å². The number of aryl methyl sites for hydroxylation is 1. The molecule has 1 atom stereocenters. The molecule has 5 heterocycles. The van der Waals surface area contributed by atoms with E-state index >= 15 is 0 Å². The first-order valence-corrected chi connectivity index (χ1v) is 9.37. The van der Waals surface area contributed by atoms with Gasteiger partial charge < -0.3 is 10.2 Å². The zero-order valence-electron chi connectivity index (χ0n) is 15.8. The second-order valence-electron chi connectivity index (χ2n) is 7.24. The summed E-state index contributed by atoms with van der Waals surface area (Å²) in [6, 6.07) is 7.66. The maximum atomic E-state index is 13.1. The highest BCUT2D eigenvalue weighted by Gasteiger charge is 2.40. The molecule has 8 heteroatoms. The molecule has 3 aromatic rings. The monoisotopic (exact) mass is 375 g/mol. The van der Waals surface area contributed by atoms with Crippen LogP contribution in [0.1, 0.15) is 12.1 Å². The average molecular weight is 375 g/mol. The van der Waals surface area contributed by atoms with Crippen LogP contribution in [0.15, 0.2) is 42.9 Å². The van der Waals surface area contributed by atoms with E-state index < -0.39 is 0 Å². The third-order valence-electron chi connectivity index (χ3n) is 5.59. The first-order valence-electron chi connectivity index (χ1n) is 9.37. The number of pyridine rings is 2. The number of carbonyl (C=O) groups excluding carboxylic acids is 1. The molecule has 5 rings (SSSR count). The Morgan fingerprint density at radius 3 is 2.89 bits per heavy atom. The van der Waals surface area contributed by atoms with E-state index in [2.05, 4.69) is 26.4 Å². The maximum absolute atomic E-state index is 13.1. The van der Waals surface area contributed by atoms with E-state index in [1.165, 1.54) is 0 Å². The molecule has 28 heavy (non-hydrogen) atoms. The summed E-state index contributed by atoms with van der Waals surface area (Å²) in [5.41, 5.74) is 4.52. The maximum Gasteiger partial charge on any atom is 0.327 e. The Kier molecular flexibility index (Phi) is 3.78. The lowest BCUT2D eigenvalue weighted by Crippen LogP contribution is -2.48. The molecule has 3 aromatic heterocycles. The molecule has 1 N–H and O–H groups in total. The molecule has 2 aliphatic rings. The zero-order chi connectivity index (χ0) is 19.3. The van der Waals surface area contributed by atoms with Crippen LogP contribution in [0.25, 0.3) is 11.3 Å². The van der Waals surface area contributed by atoms with Gasteiger partial charge in [0.1, 0.15) is 0 Å². The van der Waals surface area contributed by atoms with Gasteiger partial charge in [0.05, 0.1) is 35.5 Å². The Morgan fingerprint density at radius 1 is 1.25 bits per heavy atom. The van der Waals surface area contributed by atoms with Gasteiger partial charge in [-0.1, -0.05) is 0 Å². The van der Waals surface area contributed by atoms with Crippen LogP contribution < -0.4 is 15.1 Å². The highest BCUT2D eigenvalue weighted by atomic mass is 16.2. The van der Waals surface area contributed by atoms with Crippen LogP contribution >= 0.6 is 0 Å². The number of fused-ring (bicyclic) bond motifs is 4. The van der Waals surface area contributed by atoms with Crippen molar-refractivity contribution in [2.45, 2.75) is 19.4 Å². The molecule has 0 aromatic carbocycles. The summed E-state index contributed by atoms with van der Waals surface area (Å²) >= 11 is 0. The number of nitrogens with zero attached hydrogens (tertiary/aromatic N) is 6. The van der Waals surface area contributed by atoms with Crippen LogP contribution in [0, 0.1) is 6.92 Å². The summed E-state index contributed by atoms with van der Waals surface area (Å²) < 4.78 is 1.83. The van der Waals surface area contributed by atoms with Crippen molar-refractivity contribution in [2.75, 3.05) is 28.2 Å². The number of urea groups is 1. The first-order chi connectivity index (χ1) is 13.6. The quantitative estimate of drug-likeness (QED) is 0.745. The van der Waals surface area contributed by atoms with E-state index in [-0.39, 0.29) is 12.1 Å². The first kappa shape index (κ1) is 16.7. The Hall–Kier alpha value is -3.42. The van der Waals surface area contributed by atoms with E-state index in [9.17, 15) is 4.79 Å². The van der Waals surface area contributed by atoms with Crippen molar-refractivity contribution in [3.8, 4) is 11.3 Å². The Morgan fingerprint density at radius 2 is 2.14 bits per heavy atom. The van der Waals surface area contributed by atoms with Crippen LogP contribution in [0.4, 0.5) is 22.0 Å². The van der Waals surface area contributed by atoms with Gasteiger partial charge in [0.2, 0.25) is 0 Å². The topological polar surface area (TPSA) is 79.2 Å². The summed E-state index contributed by atoms with van der Waals surface area (Å²) in [5, 5.41) is 7.28. The molecule has 0 radical (unpaired) electrons. The molecular formula is C20H21N7O. The fourth-order valence-electron chi connectivity index (χ4n) is 3.99. The van der Waals surface area contributed by atoms with Crippen molar-refractivity contribution >= 4 is 23.2 Å². The Bertz CT molecular complexity index is 1050. The molecule has 1 saturated heterocycles. The predicted molar refractivity (Wildman–Crippen MR) is 108 cm³/mol. The fourth-order valence-corrected chi connectivity index (χ4v) is 3.99. The van der Waals surface area contributed by atoms with E-state index in [0.29, 0.717) is 11.5 Å². The smallest absolute Gasteiger partial charge is 0.327 e. The predicted octanol–water partition coefficient (Wildman–Crippen LogP) is 2.82. The zero-order valence-corrected chi connectivity index (χ0v) is 15.8. The SMILES string of the molecule is Cc1c(-c2ccc3c(n2)N(C(=O)Nc2cccnc2)[C@H]2CCN3C2)cnn1C. The summed E-state index contributed by atoms with van der Waals surface area (Å²) in [7, 11) is 1.91. The standard InChI is InChI=1S/C20H21N7O/c1-13-16(11-22-25(13)2)17-5-6-18-19(24-17)27(15-7-9-26(18)12-15)20(28)23-14-4-3-8-21-10-14/h3-6,8,10-11,15H,7,9,12H2,1-2H3,(H,23,28)/t15-/m0/s1. The van der Waals surface area contributed by atoms with Crippen molar-refractivity contribution in [1.82, 2.24) is 19.7 Å². The molecule has 0 aliphatic carbocycles. The number of carbonyl (C=O) groups is 1. The largest absolute Gasteiger partial charge is 0.366 e. The van der Waals surface area contributed by atoms with E-state index in [1.54, 1.807) is 23.4 Å². The molecule has 0 unspecified atom stereocenters. The van der Waals surface area contributed by atoms with Crippen molar-refractivity contribution < 1.29 is 4.79 Å². The molecule has 8 nitrogen and oxygen atoms in total. The van der Waals surface area contributed by atoms with E-state index in [0.717, 1.165) is 42.1 Å². The van der Waals surface area contributed by atoms with Gasteiger partial charge in [0.25, 0.3) is 0 Å². The van der Waals surface area contributed by atoms with Gasteiger partial charge >= 0.3 is 6.03 Å². The van der Waals surface area contributed by atoms with Crippen LogP contribution in [0.3, 0.4) is 0 Å². The summed E-state index contributed by atoms with van der Waals surface area (Å²) in [4.78, 5) is 26.2. The number of amides is 2. The summed E-state index contributed by atoms with van der Waals surface area (Å²) in [5.74, 6) is 0.705. The Balaban J connectivity index is 1.55. The van der Waals surface area contributed by atoms with E-state index in [4.69, 9.17) is 4.98 Å². The highest BCUT2D eigenvalue weighted by Crippen LogP contribution is 2.40. The average Bonchev–Trinajstić information content (AvgIpc) is 3.27. The van der Waals surface area contributed by atoms with Crippen LogP contribution in [-0.2, 0) is 7.05 Å². The lowest BCUT2D eigenvalue weighted by atomic mass is 10.1. The van der Waals surface area contributed by atoms with Crippen molar-refractivity contribution in [1.29, 1.82) is 0 Å². The number of rotatable bonds is 2. The van der Waals surface area contributed by atoms with Gasteiger partial charge in [-0.15, -0.1) is 0 Å². The molecular weight excluding hydrogens is 354 g/mol. The second kappa shape index (κ2) is 6.33. The minimum Gasteiger partial charge on any atom is -0.366 e. The van der Waals surface area contributed by atoms with Gasteiger partial charge in [0.15, 0.2) is 5.82 Å².